The summed E-state index contributed by atoms with van der Waals surface area (Å²) in [5, 5.41) is 0. The number of ether oxygens (including phenoxy) is 2. The van der Waals surface area contributed by atoms with Crippen LogP contribution in [0, 0.1) is 5.82 Å². The first-order valence-corrected chi connectivity index (χ1v) is 7.03. The van der Waals surface area contributed by atoms with Gasteiger partial charge in [0.2, 0.25) is 0 Å². The molecule has 0 aliphatic rings. The second-order valence-corrected chi connectivity index (χ2v) is 4.47. The van der Waals surface area contributed by atoms with Crippen LogP contribution in [0.5, 0.6) is 5.75 Å². The molecule has 114 valence electrons. The third-order valence-corrected chi connectivity index (χ3v) is 3.36. The monoisotopic (exact) mass is 284 g/mol. The van der Waals surface area contributed by atoms with Crippen molar-refractivity contribution in [1.29, 1.82) is 0 Å². The van der Waals surface area contributed by atoms with Crippen LogP contribution in [0.3, 0.4) is 0 Å². The summed E-state index contributed by atoms with van der Waals surface area (Å²) in [7, 11) is 1.46. The van der Waals surface area contributed by atoms with Crippen LogP contribution in [0.4, 0.5) is 4.39 Å². The molecule has 0 fully saturated rings. The van der Waals surface area contributed by atoms with Gasteiger partial charge in [0.15, 0.2) is 11.6 Å². The van der Waals surface area contributed by atoms with Gasteiger partial charge in [-0.1, -0.05) is 13.0 Å². The first-order chi connectivity index (χ1) is 9.67. The Hall–Kier alpha value is -1.17. The van der Waals surface area contributed by atoms with Crippen molar-refractivity contribution in [3.05, 3.63) is 29.6 Å². The Morgan fingerprint density at radius 3 is 2.60 bits per heavy atom. The quantitative estimate of drug-likeness (QED) is 0.706. The van der Waals surface area contributed by atoms with E-state index in [0.29, 0.717) is 19.8 Å². The number of nitrogens with two attached hydrogens (primary N) is 1. The average Bonchev–Trinajstić information content (AvgIpc) is 2.46. The first kappa shape index (κ1) is 16.9. The third kappa shape index (κ3) is 4.44. The van der Waals surface area contributed by atoms with E-state index in [2.05, 4.69) is 11.8 Å². The summed E-state index contributed by atoms with van der Waals surface area (Å²) >= 11 is 0. The van der Waals surface area contributed by atoms with Crippen LogP contribution >= 0.6 is 0 Å². The second kappa shape index (κ2) is 8.89. The van der Waals surface area contributed by atoms with E-state index >= 15 is 0 Å². The smallest absolute Gasteiger partial charge is 0.165 e. The molecule has 1 aromatic carbocycles. The van der Waals surface area contributed by atoms with Gasteiger partial charge in [0, 0.05) is 25.7 Å². The molecule has 0 spiro atoms. The molecule has 1 aromatic rings. The van der Waals surface area contributed by atoms with E-state index in [4.69, 9.17) is 15.2 Å². The molecule has 0 aliphatic carbocycles. The van der Waals surface area contributed by atoms with E-state index in [1.807, 2.05) is 13.0 Å². The predicted molar refractivity (Wildman–Crippen MR) is 78.5 cm³/mol. The lowest BCUT2D eigenvalue weighted by Gasteiger charge is -2.30. The van der Waals surface area contributed by atoms with Gasteiger partial charge in [-0.2, -0.15) is 0 Å². The Morgan fingerprint density at radius 2 is 2.10 bits per heavy atom. The fourth-order valence-corrected chi connectivity index (χ4v) is 2.25. The van der Waals surface area contributed by atoms with Crippen molar-refractivity contribution in [3.63, 3.8) is 0 Å². The van der Waals surface area contributed by atoms with Gasteiger partial charge in [-0.15, -0.1) is 0 Å². The maximum Gasteiger partial charge on any atom is 0.165 e. The minimum Gasteiger partial charge on any atom is -0.494 e. The maximum absolute atomic E-state index is 13.8. The van der Waals surface area contributed by atoms with Crippen molar-refractivity contribution in [2.24, 2.45) is 5.73 Å². The molecule has 0 aliphatic heterocycles. The lowest BCUT2D eigenvalue weighted by atomic mass is 10.0. The summed E-state index contributed by atoms with van der Waals surface area (Å²) in [5.74, 6) is -0.105. The number of hydrogen-bond acceptors (Lipinski definition) is 4. The Balaban J connectivity index is 2.84. The average molecular weight is 284 g/mol. The fraction of sp³-hybridized carbons (Fsp3) is 0.600. The number of benzene rings is 1. The Bertz CT molecular complexity index is 401. The molecule has 0 saturated carbocycles. The number of likely N-dealkylation sites (N-methyl/N-ethyl adjacent to an activating group) is 1. The molecule has 4 nitrogen and oxygen atoms in total. The van der Waals surface area contributed by atoms with Crippen LogP contribution in [0.1, 0.15) is 25.5 Å². The molecule has 0 bridgehead atoms. The number of hydrogen-bond donors (Lipinski definition) is 1. The lowest BCUT2D eigenvalue weighted by molar-refractivity contribution is 0.0980. The Morgan fingerprint density at radius 1 is 1.35 bits per heavy atom. The molecule has 0 aromatic heterocycles. The number of halogens is 1. The van der Waals surface area contributed by atoms with Crippen molar-refractivity contribution < 1.29 is 13.9 Å². The van der Waals surface area contributed by atoms with Gasteiger partial charge in [0.05, 0.1) is 13.7 Å². The molecule has 0 radical (unpaired) electrons. The first-order valence-electron chi connectivity index (χ1n) is 7.03. The highest BCUT2D eigenvalue weighted by Gasteiger charge is 2.19. The Kier molecular flexibility index (Phi) is 7.51. The zero-order valence-electron chi connectivity index (χ0n) is 12.6. The highest BCUT2D eigenvalue weighted by atomic mass is 19.1. The van der Waals surface area contributed by atoms with E-state index in [9.17, 15) is 4.39 Å². The number of rotatable bonds is 9. The normalized spacial score (nSPS) is 12.7. The van der Waals surface area contributed by atoms with Crippen molar-refractivity contribution in [3.8, 4) is 5.75 Å². The van der Waals surface area contributed by atoms with Gasteiger partial charge < -0.3 is 15.2 Å². The van der Waals surface area contributed by atoms with E-state index in [1.165, 1.54) is 13.2 Å². The Labute approximate surface area is 120 Å². The molecular weight excluding hydrogens is 259 g/mol. The maximum atomic E-state index is 13.8. The lowest BCUT2D eigenvalue weighted by Crippen LogP contribution is -2.36. The standard InChI is InChI=1S/C15H25FN2O2/c1-4-18(8-9-20-5-2)14(11-17)12-6-7-15(19-3)13(16)10-12/h6-7,10,14H,4-5,8-9,11,17H2,1-3H3. The van der Waals surface area contributed by atoms with Crippen LogP contribution < -0.4 is 10.5 Å². The zero-order valence-corrected chi connectivity index (χ0v) is 12.6. The summed E-state index contributed by atoms with van der Waals surface area (Å²) in [6.45, 7) is 7.43. The van der Waals surface area contributed by atoms with Gasteiger partial charge in [-0.3, -0.25) is 4.90 Å². The molecule has 2 N–H and O–H groups in total. The van der Waals surface area contributed by atoms with Gasteiger partial charge in [0.1, 0.15) is 0 Å². The number of methoxy groups -OCH3 is 1. The summed E-state index contributed by atoms with van der Waals surface area (Å²) < 4.78 is 24.1. The van der Waals surface area contributed by atoms with E-state index in [-0.39, 0.29) is 17.6 Å². The minimum absolute atomic E-state index is 0.0131. The predicted octanol–water partition coefficient (Wildman–Crippen LogP) is 2.19. The zero-order chi connectivity index (χ0) is 15.0. The highest BCUT2D eigenvalue weighted by Crippen LogP contribution is 2.25. The molecular formula is C15H25FN2O2. The van der Waals surface area contributed by atoms with Crippen LogP contribution in [-0.2, 0) is 4.74 Å². The molecule has 1 atom stereocenters. The minimum atomic E-state index is -0.357. The van der Waals surface area contributed by atoms with Crippen LogP contribution in [0.2, 0.25) is 0 Å². The van der Waals surface area contributed by atoms with Crippen LogP contribution in [-0.4, -0.2) is 44.9 Å². The van der Waals surface area contributed by atoms with E-state index in [1.54, 1.807) is 6.07 Å². The molecule has 5 heteroatoms. The molecule has 0 saturated heterocycles. The molecule has 20 heavy (non-hydrogen) atoms. The summed E-state index contributed by atoms with van der Waals surface area (Å²) in [6.07, 6.45) is 0. The highest BCUT2D eigenvalue weighted by molar-refractivity contribution is 5.31. The summed E-state index contributed by atoms with van der Waals surface area (Å²) in [4.78, 5) is 2.19. The summed E-state index contributed by atoms with van der Waals surface area (Å²) in [6, 6.07) is 4.99. The molecule has 1 unspecified atom stereocenters. The van der Waals surface area contributed by atoms with E-state index in [0.717, 1.165) is 18.7 Å². The van der Waals surface area contributed by atoms with Crippen molar-refractivity contribution >= 4 is 0 Å². The fourth-order valence-electron chi connectivity index (χ4n) is 2.25. The molecule has 0 amide bonds. The SMILES string of the molecule is CCOCCN(CC)C(CN)c1ccc(OC)c(F)c1. The third-order valence-electron chi connectivity index (χ3n) is 3.36. The van der Waals surface area contributed by atoms with Gasteiger partial charge >= 0.3 is 0 Å². The van der Waals surface area contributed by atoms with Gasteiger partial charge in [0.25, 0.3) is 0 Å². The molecule has 1 rings (SSSR count). The van der Waals surface area contributed by atoms with Gasteiger partial charge in [-0.05, 0) is 31.2 Å². The van der Waals surface area contributed by atoms with Crippen molar-refractivity contribution in [2.75, 3.05) is 40.0 Å². The van der Waals surface area contributed by atoms with E-state index < -0.39 is 0 Å². The molecule has 0 heterocycles. The van der Waals surface area contributed by atoms with Crippen molar-refractivity contribution in [2.45, 2.75) is 19.9 Å². The van der Waals surface area contributed by atoms with Gasteiger partial charge in [-0.25, -0.2) is 4.39 Å². The second-order valence-electron chi connectivity index (χ2n) is 4.47. The summed E-state index contributed by atoms with van der Waals surface area (Å²) in [5.41, 5.74) is 6.73. The van der Waals surface area contributed by atoms with Crippen LogP contribution in [0.25, 0.3) is 0 Å². The van der Waals surface area contributed by atoms with Crippen LogP contribution in [0.15, 0.2) is 18.2 Å². The largest absolute Gasteiger partial charge is 0.494 e. The van der Waals surface area contributed by atoms with Crippen molar-refractivity contribution in [1.82, 2.24) is 4.90 Å². The number of nitrogens with zero attached hydrogens (tertiary/aromatic N) is 1. The topological polar surface area (TPSA) is 47.7 Å².